The fourth-order valence-corrected chi connectivity index (χ4v) is 5.09. The van der Waals surface area contributed by atoms with Crippen molar-refractivity contribution in [3.8, 4) is 5.75 Å². The average molecular weight is 366 g/mol. The fraction of sp³-hybridized carbons (Fsp3) is 0.542. The van der Waals surface area contributed by atoms with E-state index in [9.17, 15) is 4.79 Å². The maximum Gasteiger partial charge on any atom is 0.336 e. The summed E-state index contributed by atoms with van der Waals surface area (Å²) >= 11 is 0. The van der Waals surface area contributed by atoms with Crippen molar-refractivity contribution in [2.75, 3.05) is 13.6 Å². The van der Waals surface area contributed by atoms with Crippen LogP contribution in [0.25, 0.3) is 0 Å². The second kappa shape index (κ2) is 7.27. The molecule has 144 valence electrons. The van der Waals surface area contributed by atoms with E-state index in [1.165, 1.54) is 49.4 Å². The van der Waals surface area contributed by atoms with Gasteiger partial charge in [-0.1, -0.05) is 31.2 Å². The van der Waals surface area contributed by atoms with Crippen LogP contribution in [0.3, 0.4) is 0 Å². The molecule has 1 aromatic rings. The van der Waals surface area contributed by atoms with E-state index in [0.717, 1.165) is 12.3 Å². The quantitative estimate of drug-likeness (QED) is 0.318. The first-order valence-electron chi connectivity index (χ1n) is 10.4. The summed E-state index contributed by atoms with van der Waals surface area (Å²) in [4.78, 5) is 14.6. The van der Waals surface area contributed by atoms with Gasteiger partial charge in [0.25, 0.3) is 0 Å². The van der Waals surface area contributed by atoms with E-state index >= 15 is 0 Å². The zero-order valence-corrected chi connectivity index (χ0v) is 16.8. The highest BCUT2D eigenvalue weighted by molar-refractivity contribution is 5.84. The van der Waals surface area contributed by atoms with Gasteiger partial charge in [-0.15, -0.1) is 0 Å². The minimum Gasteiger partial charge on any atom is -0.423 e. The lowest BCUT2D eigenvalue weighted by molar-refractivity contribution is -0.129. The molecule has 0 heterocycles. The van der Waals surface area contributed by atoms with Gasteiger partial charge in [0.1, 0.15) is 5.75 Å². The molecule has 3 heteroatoms. The van der Waals surface area contributed by atoms with Gasteiger partial charge < -0.3 is 9.64 Å². The monoisotopic (exact) mass is 365 g/mol. The summed E-state index contributed by atoms with van der Waals surface area (Å²) in [6.45, 7) is 5.58. The molecular formula is C24H31NO2. The highest BCUT2D eigenvalue weighted by Gasteiger charge is 2.52. The number of likely N-dealkylation sites (N-methyl/N-ethyl adjacent to an activating group) is 1. The van der Waals surface area contributed by atoms with Gasteiger partial charge in [-0.25, -0.2) is 4.79 Å². The number of carbonyl (C=O) groups excluding carboxylic acids is 1. The van der Waals surface area contributed by atoms with Gasteiger partial charge >= 0.3 is 5.97 Å². The molecule has 0 amide bonds. The summed E-state index contributed by atoms with van der Waals surface area (Å²) in [5, 5.41) is 0. The predicted molar refractivity (Wildman–Crippen MR) is 109 cm³/mol. The Bertz CT molecular complexity index is 777. The molecule has 4 rings (SSSR count). The third-order valence-electron chi connectivity index (χ3n) is 6.95. The van der Waals surface area contributed by atoms with Crippen LogP contribution in [0.5, 0.6) is 5.75 Å². The number of allylic oxidation sites excluding steroid dienone is 3. The summed E-state index contributed by atoms with van der Waals surface area (Å²) in [5.41, 5.74) is 3.06. The Morgan fingerprint density at radius 3 is 2.78 bits per heavy atom. The molecule has 0 radical (unpaired) electrons. The molecule has 0 bridgehead atoms. The van der Waals surface area contributed by atoms with E-state index in [-0.39, 0.29) is 11.4 Å². The minimum absolute atomic E-state index is 0.221. The molecular weight excluding hydrogens is 334 g/mol. The number of hydrogen-bond donors (Lipinski definition) is 0. The Hall–Kier alpha value is -1.87. The van der Waals surface area contributed by atoms with Crippen molar-refractivity contribution in [1.29, 1.82) is 0 Å². The number of ether oxygens (including phenoxy) is 1. The van der Waals surface area contributed by atoms with Crippen LogP contribution in [0, 0.1) is 11.8 Å². The Morgan fingerprint density at radius 2 is 2.11 bits per heavy atom. The fourth-order valence-electron chi connectivity index (χ4n) is 5.09. The molecule has 1 aromatic carbocycles. The molecule has 0 N–H and O–H groups in total. The van der Waals surface area contributed by atoms with E-state index in [0.29, 0.717) is 17.7 Å². The zero-order chi connectivity index (χ0) is 19.0. The van der Waals surface area contributed by atoms with Gasteiger partial charge in [0.05, 0.1) is 0 Å². The van der Waals surface area contributed by atoms with E-state index in [2.05, 4.69) is 31.0 Å². The number of hydrogen-bond acceptors (Lipinski definition) is 3. The van der Waals surface area contributed by atoms with Crippen molar-refractivity contribution >= 4 is 5.97 Å². The summed E-state index contributed by atoms with van der Waals surface area (Å²) in [6.07, 6.45) is 13.4. The maximum atomic E-state index is 12.0. The van der Waals surface area contributed by atoms with Gasteiger partial charge in [-0.3, -0.25) is 0 Å². The zero-order valence-electron chi connectivity index (χ0n) is 16.8. The normalized spacial score (nSPS) is 29.6. The molecule has 3 nitrogen and oxygen atoms in total. The van der Waals surface area contributed by atoms with Crippen LogP contribution in [0.2, 0.25) is 0 Å². The number of esters is 1. The van der Waals surface area contributed by atoms with E-state index < -0.39 is 0 Å². The number of fused-ring (bicyclic) bond motifs is 3. The molecule has 27 heavy (non-hydrogen) atoms. The lowest BCUT2D eigenvalue weighted by Gasteiger charge is -2.57. The van der Waals surface area contributed by atoms with Crippen molar-refractivity contribution < 1.29 is 9.53 Å². The molecule has 3 unspecified atom stereocenters. The minimum atomic E-state index is -0.318. The highest BCUT2D eigenvalue weighted by atomic mass is 16.5. The SMILES string of the molecule is C/C=C/C=C/C(=O)Oc1ccc2c(c1)C1(C)CCC1C(N(C)CC1CC1)C2. The molecule has 3 aliphatic carbocycles. The second-order valence-corrected chi connectivity index (χ2v) is 8.84. The van der Waals surface area contributed by atoms with Crippen molar-refractivity contribution in [3.05, 3.63) is 53.6 Å². The van der Waals surface area contributed by atoms with Crippen LogP contribution in [0.15, 0.2) is 42.5 Å². The van der Waals surface area contributed by atoms with Crippen LogP contribution in [0.4, 0.5) is 0 Å². The molecule has 0 aliphatic heterocycles. The molecule has 0 spiro atoms. The Morgan fingerprint density at radius 1 is 1.30 bits per heavy atom. The Balaban J connectivity index is 1.53. The van der Waals surface area contributed by atoms with Gasteiger partial charge in [0, 0.05) is 18.7 Å². The van der Waals surface area contributed by atoms with Crippen LogP contribution in [-0.2, 0) is 16.6 Å². The van der Waals surface area contributed by atoms with Crippen molar-refractivity contribution in [2.24, 2.45) is 11.8 Å². The van der Waals surface area contributed by atoms with Crippen molar-refractivity contribution in [3.63, 3.8) is 0 Å². The third-order valence-corrected chi connectivity index (χ3v) is 6.95. The van der Waals surface area contributed by atoms with E-state index in [1.54, 1.807) is 6.08 Å². The average Bonchev–Trinajstić information content (AvgIpc) is 3.44. The van der Waals surface area contributed by atoms with Gasteiger partial charge in [0.15, 0.2) is 0 Å². The molecule has 3 aliphatic rings. The lowest BCUT2D eigenvalue weighted by atomic mass is 9.51. The summed E-state index contributed by atoms with van der Waals surface area (Å²) < 4.78 is 5.54. The largest absolute Gasteiger partial charge is 0.423 e. The van der Waals surface area contributed by atoms with Crippen LogP contribution < -0.4 is 4.74 Å². The Labute approximate surface area is 163 Å². The van der Waals surface area contributed by atoms with Gasteiger partial charge in [0.2, 0.25) is 0 Å². The standard InChI is InChI=1S/C24H31NO2/c1-4-5-6-7-23(26)27-19-11-10-18-14-22(25(3)16-17-8-9-17)20-12-13-24(20,2)21(18)15-19/h4-7,10-11,15,17,20,22H,8-9,12-14,16H2,1-3H3/b5-4+,7-6+. The van der Waals surface area contributed by atoms with Gasteiger partial charge in [-0.2, -0.15) is 0 Å². The van der Waals surface area contributed by atoms with Gasteiger partial charge in [-0.05, 0) is 86.6 Å². The Kier molecular flexibility index (Phi) is 4.98. The van der Waals surface area contributed by atoms with E-state index in [1.807, 2.05) is 25.1 Å². The summed E-state index contributed by atoms with van der Waals surface area (Å²) in [6, 6.07) is 6.92. The molecule has 2 fully saturated rings. The molecule has 0 aromatic heterocycles. The van der Waals surface area contributed by atoms with Crippen LogP contribution in [-0.4, -0.2) is 30.5 Å². The topological polar surface area (TPSA) is 29.5 Å². The van der Waals surface area contributed by atoms with Crippen LogP contribution in [0.1, 0.15) is 50.7 Å². The van der Waals surface area contributed by atoms with Crippen LogP contribution >= 0.6 is 0 Å². The predicted octanol–water partition coefficient (Wildman–Crippen LogP) is 4.66. The summed E-state index contributed by atoms with van der Waals surface area (Å²) in [5.74, 6) is 2.00. The van der Waals surface area contributed by atoms with E-state index in [4.69, 9.17) is 4.74 Å². The molecule has 0 saturated heterocycles. The first-order chi connectivity index (χ1) is 13.0. The molecule has 3 atom stereocenters. The van der Waals surface area contributed by atoms with Crippen molar-refractivity contribution in [2.45, 2.75) is 57.4 Å². The summed E-state index contributed by atoms with van der Waals surface area (Å²) in [7, 11) is 2.32. The second-order valence-electron chi connectivity index (χ2n) is 8.84. The maximum absolute atomic E-state index is 12.0. The smallest absolute Gasteiger partial charge is 0.336 e. The first-order valence-corrected chi connectivity index (χ1v) is 10.4. The first kappa shape index (κ1) is 18.5. The molecule has 2 saturated carbocycles. The van der Waals surface area contributed by atoms with Crippen molar-refractivity contribution in [1.82, 2.24) is 4.90 Å². The highest BCUT2D eigenvalue weighted by Crippen LogP contribution is 2.56. The third kappa shape index (κ3) is 3.62. The number of carbonyl (C=O) groups is 1. The lowest BCUT2D eigenvalue weighted by Crippen LogP contribution is -2.57. The number of benzene rings is 1. The number of rotatable bonds is 6. The number of nitrogens with zero attached hydrogens (tertiary/aromatic N) is 1.